The van der Waals surface area contributed by atoms with Gasteiger partial charge >= 0.3 is 5.97 Å². The summed E-state index contributed by atoms with van der Waals surface area (Å²) in [5.74, 6) is -0.708. The predicted molar refractivity (Wildman–Crippen MR) is 76.7 cm³/mol. The molecule has 5 nitrogen and oxygen atoms in total. The van der Waals surface area contributed by atoms with Crippen molar-refractivity contribution >= 4 is 5.97 Å². The molecular formula is C16H22O5. The Morgan fingerprint density at radius 2 is 1.81 bits per heavy atom. The molecule has 1 fully saturated rings. The first kappa shape index (κ1) is 15.9. The molecule has 0 amide bonds. The SMILES string of the molecule is CCCC1CC(OC(=O)c2ccccc2)C(O)C(O)C1O. The summed E-state index contributed by atoms with van der Waals surface area (Å²) < 4.78 is 5.32. The molecule has 2 rings (SSSR count). The number of carbonyl (C=O) groups is 1. The molecule has 0 aliphatic heterocycles. The van der Waals surface area contributed by atoms with Crippen molar-refractivity contribution in [1.82, 2.24) is 0 Å². The average molecular weight is 294 g/mol. The van der Waals surface area contributed by atoms with E-state index in [1.54, 1.807) is 30.3 Å². The van der Waals surface area contributed by atoms with Gasteiger partial charge in [-0.05, 0) is 30.9 Å². The fourth-order valence-corrected chi connectivity index (χ4v) is 2.84. The highest BCUT2D eigenvalue weighted by atomic mass is 16.6. The van der Waals surface area contributed by atoms with Gasteiger partial charge in [-0.3, -0.25) is 0 Å². The molecule has 1 aromatic carbocycles. The summed E-state index contributed by atoms with van der Waals surface area (Å²) in [4.78, 5) is 12.0. The van der Waals surface area contributed by atoms with Gasteiger partial charge in [-0.25, -0.2) is 4.79 Å². The van der Waals surface area contributed by atoms with Crippen molar-refractivity contribution in [2.24, 2.45) is 5.92 Å². The molecule has 0 bridgehead atoms. The summed E-state index contributed by atoms with van der Waals surface area (Å²) in [6, 6.07) is 8.51. The minimum atomic E-state index is -1.29. The number of ether oxygens (including phenoxy) is 1. The monoisotopic (exact) mass is 294 g/mol. The van der Waals surface area contributed by atoms with E-state index < -0.39 is 30.4 Å². The number of hydrogen-bond acceptors (Lipinski definition) is 5. The van der Waals surface area contributed by atoms with E-state index in [1.165, 1.54) is 0 Å². The van der Waals surface area contributed by atoms with Crippen LogP contribution in [-0.4, -0.2) is 45.7 Å². The molecule has 1 aliphatic rings. The van der Waals surface area contributed by atoms with Crippen LogP contribution in [0.5, 0.6) is 0 Å². The predicted octanol–water partition coefficient (Wildman–Crippen LogP) is 1.11. The first-order valence-corrected chi connectivity index (χ1v) is 7.34. The van der Waals surface area contributed by atoms with Gasteiger partial charge in [0.15, 0.2) is 0 Å². The lowest BCUT2D eigenvalue weighted by Crippen LogP contribution is -2.54. The van der Waals surface area contributed by atoms with Crippen LogP contribution in [0.2, 0.25) is 0 Å². The van der Waals surface area contributed by atoms with Crippen molar-refractivity contribution in [2.45, 2.75) is 50.6 Å². The third-order valence-electron chi connectivity index (χ3n) is 4.03. The van der Waals surface area contributed by atoms with Crippen LogP contribution in [0.3, 0.4) is 0 Å². The van der Waals surface area contributed by atoms with Gasteiger partial charge in [0, 0.05) is 0 Å². The van der Waals surface area contributed by atoms with Gasteiger partial charge < -0.3 is 20.1 Å². The van der Waals surface area contributed by atoms with Crippen molar-refractivity contribution in [3.8, 4) is 0 Å². The van der Waals surface area contributed by atoms with E-state index in [2.05, 4.69) is 0 Å². The summed E-state index contributed by atoms with van der Waals surface area (Å²) in [5, 5.41) is 29.9. The molecule has 0 heterocycles. The number of hydrogen-bond donors (Lipinski definition) is 3. The summed E-state index contributed by atoms with van der Waals surface area (Å²) in [5.41, 5.74) is 0.400. The minimum absolute atomic E-state index is 0.179. The van der Waals surface area contributed by atoms with Crippen molar-refractivity contribution in [3.05, 3.63) is 35.9 Å². The maximum Gasteiger partial charge on any atom is 0.338 e. The summed E-state index contributed by atoms with van der Waals surface area (Å²) in [6.07, 6.45) is -2.41. The molecule has 116 valence electrons. The highest BCUT2D eigenvalue weighted by Gasteiger charge is 2.43. The van der Waals surface area contributed by atoms with Crippen LogP contribution < -0.4 is 0 Å². The molecule has 0 radical (unpaired) electrons. The van der Waals surface area contributed by atoms with Crippen LogP contribution in [0.25, 0.3) is 0 Å². The van der Waals surface area contributed by atoms with Gasteiger partial charge in [-0.2, -0.15) is 0 Å². The molecule has 21 heavy (non-hydrogen) atoms. The molecule has 5 atom stereocenters. The normalized spacial score (nSPS) is 32.7. The van der Waals surface area contributed by atoms with Crippen molar-refractivity contribution in [1.29, 1.82) is 0 Å². The highest BCUT2D eigenvalue weighted by Crippen LogP contribution is 2.31. The fourth-order valence-electron chi connectivity index (χ4n) is 2.84. The van der Waals surface area contributed by atoms with E-state index in [0.717, 1.165) is 6.42 Å². The molecule has 1 aliphatic carbocycles. The van der Waals surface area contributed by atoms with Crippen molar-refractivity contribution in [2.75, 3.05) is 0 Å². The minimum Gasteiger partial charge on any atom is -0.456 e. The number of rotatable bonds is 4. The van der Waals surface area contributed by atoms with Crippen molar-refractivity contribution < 1.29 is 24.9 Å². The van der Waals surface area contributed by atoms with Gasteiger partial charge in [0.1, 0.15) is 18.3 Å². The lowest BCUT2D eigenvalue weighted by atomic mass is 9.78. The molecule has 0 spiro atoms. The van der Waals surface area contributed by atoms with Crippen LogP contribution in [0.1, 0.15) is 36.5 Å². The van der Waals surface area contributed by atoms with Crippen molar-refractivity contribution in [3.63, 3.8) is 0 Å². The third kappa shape index (κ3) is 3.61. The number of carbonyl (C=O) groups excluding carboxylic acids is 1. The molecule has 5 unspecified atom stereocenters. The maximum atomic E-state index is 12.0. The topological polar surface area (TPSA) is 87.0 Å². The third-order valence-corrected chi connectivity index (χ3v) is 4.03. The Bertz CT molecular complexity index is 461. The molecule has 5 heteroatoms. The first-order valence-electron chi connectivity index (χ1n) is 7.34. The Kier molecular flexibility index (Phi) is 5.33. The quantitative estimate of drug-likeness (QED) is 0.724. The Labute approximate surface area is 124 Å². The van der Waals surface area contributed by atoms with Gasteiger partial charge in [0.25, 0.3) is 0 Å². The van der Waals surface area contributed by atoms with E-state index in [1.807, 2.05) is 6.92 Å². The van der Waals surface area contributed by atoms with Gasteiger partial charge in [-0.1, -0.05) is 31.5 Å². The zero-order valence-electron chi connectivity index (χ0n) is 12.1. The number of aliphatic hydroxyl groups excluding tert-OH is 3. The van der Waals surface area contributed by atoms with E-state index in [-0.39, 0.29) is 5.92 Å². The lowest BCUT2D eigenvalue weighted by Gasteiger charge is -2.39. The molecule has 0 aromatic heterocycles. The molecule has 1 aromatic rings. The van der Waals surface area contributed by atoms with Crippen LogP contribution >= 0.6 is 0 Å². The smallest absolute Gasteiger partial charge is 0.338 e. The Hall–Kier alpha value is -1.43. The Balaban J connectivity index is 2.06. The molecule has 0 saturated heterocycles. The molecular weight excluding hydrogens is 272 g/mol. The van der Waals surface area contributed by atoms with E-state index in [4.69, 9.17) is 4.74 Å². The second-order valence-electron chi connectivity index (χ2n) is 5.57. The van der Waals surface area contributed by atoms with Crippen LogP contribution in [0.15, 0.2) is 30.3 Å². The highest BCUT2D eigenvalue weighted by molar-refractivity contribution is 5.89. The zero-order chi connectivity index (χ0) is 15.4. The van der Waals surface area contributed by atoms with Crippen LogP contribution in [0.4, 0.5) is 0 Å². The second-order valence-corrected chi connectivity index (χ2v) is 5.57. The standard InChI is InChI=1S/C16H22O5/c1-2-6-11-9-12(14(18)15(19)13(11)17)21-16(20)10-7-4-3-5-8-10/h3-5,7-8,11-15,17-19H,2,6,9H2,1H3. The second kappa shape index (κ2) is 7.02. The fraction of sp³-hybridized carbons (Fsp3) is 0.562. The zero-order valence-corrected chi connectivity index (χ0v) is 12.1. The number of aliphatic hydroxyl groups is 3. The summed E-state index contributed by atoms with van der Waals surface area (Å²) >= 11 is 0. The van der Waals surface area contributed by atoms with Crippen LogP contribution in [0, 0.1) is 5.92 Å². The summed E-state index contributed by atoms with van der Waals surface area (Å²) in [6.45, 7) is 1.98. The molecule has 3 N–H and O–H groups in total. The van der Waals surface area contributed by atoms with Gasteiger partial charge in [0.2, 0.25) is 0 Å². The van der Waals surface area contributed by atoms with E-state index in [9.17, 15) is 20.1 Å². The Morgan fingerprint density at radius 1 is 1.14 bits per heavy atom. The maximum absolute atomic E-state index is 12.0. The number of esters is 1. The lowest BCUT2D eigenvalue weighted by molar-refractivity contribution is -0.160. The average Bonchev–Trinajstić information content (AvgIpc) is 2.51. The van der Waals surface area contributed by atoms with Crippen LogP contribution in [-0.2, 0) is 4.74 Å². The van der Waals surface area contributed by atoms with E-state index >= 15 is 0 Å². The van der Waals surface area contributed by atoms with Gasteiger partial charge in [0.05, 0.1) is 11.7 Å². The van der Waals surface area contributed by atoms with E-state index in [0.29, 0.717) is 18.4 Å². The summed E-state index contributed by atoms with van der Waals surface area (Å²) in [7, 11) is 0. The molecule has 1 saturated carbocycles. The van der Waals surface area contributed by atoms with Gasteiger partial charge in [-0.15, -0.1) is 0 Å². The first-order chi connectivity index (χ1) is 10.0. The Morgan fingerprint density at radius 3 is 2.43 bits per heavy atom. The largest absolute Gasteiger partial charge is 0.456 e. The number of benzene rings is 1.